The third-order valence-corrected chi connectivity index (χ3v) is 10.1. The predicted molar refractivity (Wildman–Crippen MR) is 179 cm³/mol. The third-order valence-electron chi connectivity index (χ3n) is 7.64. The van der Waals surface area contributed by atoms with Crippen molar-refractivity contribution in [2.45, 2.75) is 63.6 Å². The van der Waals surface area contributed by atoms with Gasteiger partial charge in [0, 0.05) is 37.0 Å². The molecular formula is C32H35Cl4N3O4S. The normalized spacial score (nSPS) is 14.3. The van der Waals surface area contributed by atoms with Gasteiger partial charge in [-0.1, -0.05) is 95.6 Å². The fraction of sp³-hybridized carbons (Fsp3) is 0.375. The van der Waals surface area contributed by atoms with Crippen molar-refractivity contribution in [1.82, 2.24) is 10.2 Å². The number of carbonyl (C=O) groups is 2. The van der Waals surface area contributed by atoms with Gasteiger partial charge < -0.3 is 10.2 Å². The first-order valence-corrected chi connectivity index (χ1v) is 17.8. The van der Waals surface area contributed by atoms with E-state index in [-0.39, 0.29) is 54.5 Å². The van der Waals surface area contributed by atoms with Gasteiger partial charge in [0.05, 0.1) is 27.0 Å². The van der Waals surface area contributed by atoms with Crippen LogP contribution in [0.4, 0.5) is 5.69 Å². The van der Waals surface area contributed by atoms with Crippen molar-refractivity contribution in [2.24, 2.45) is 0 Å². The molecule has 1 atom stereocenters. The maximum Gasteiger partial charge on any atom is 0.243 e. The number of benzene rings is 3. The van der Waals surface area contributed by atoms with Crippen LogP contribution in [-0.4, -0.2) is 50.0 Å². The topological polar surface area (TPSA) is 86.8 Å². The molecule has 7 nitrogen and oxygen atoms in total. The minimum atomic E-state index is -3.74. The van der Waals surface area contributed by atoms with Crippen LogP contribution in [0.2, 0.25) is 20.1 Å². The van der Waals surface area contributed by atoms with Gasteiger partial charge in [-0.3, -0.25) is 13.9 Å². The summed E-state index contributed by atoms with van der Waals surface area (Å²) in [5.74, 6) is -0.526. The number of sulfonamides is 1. The van der Waals surface area contributed by atoms with Gasteiger partial charge in [0.2, 0.25) is 21.8 Å². The minimum Gasteiger partial charge on any atom is -0.352 e. The van der Waals surface area contributed by atoms with E-state index in [0.29, 0.717) is 27.1 Å². The predicted octanol–water partition coefficient (Wildman–Crippen LogP) is 7.55. The summed E-state index contributed by atoms with van der Waals surface area (Å²) in [6.45, 7) is 0.101. The highest BCUT2D eigenvalue weighted by Crippen LogP contribution is 2.31. The molecule has 12 heteroatoms. The van der Waals surface area contributed by atoms with Crippen LogP contribution in [-0.2, 0) is 32.6 Å². The monoisotopic (exact) mass is 697 g/mol. The van der Waals surface area contributed by atoms with E-state index in [4.69, 9.17) is 46.4 Å². The van der Waals surface area contributed by atoms with Crippen molar-refractivity contribution in [3.05, 3.63) is 97.9 Å². The summed E-state index contributed by atoms with van der Waals surface area (Å²) in [4.78, 5) is 29.5. The molecule has 0 radical (unpaired) electrons. The van der Waals surface area contributed by atoms with E-state index in [1.807, 2.05) is 30.3 Å². The van der Waals surface area contributed by atoms with E-state index in [2.05, 4.69) is 5.32 Å². The zero-order chi connectivity index (χ0) is 31.9. The molecule has 4 rings (SSSR count). The second-order valence-corrected chi connectivity index (χ2v) is 14.6. The molecular weight excluding hydrogens is 664 g/mol. The summed E-state index contributed by atoms with van der Waals surface area (Å²) in [6.07, 6.45) is 5.44. The quantitative estimate of drug-likeness (QED) is 0.200. The highest BCUT2D eigenvalue weighted by molar-refractivity contribution is 7.92. The van der Waals surface area contributed by atoms with Gasteiger partial charge >= 0.3 is 0 Å². The maximum atomic E-state index is 14.0. The number of halogens is 4. The molecule has 0 aromatic heterocycles. The third kappa shape index (κ3) is 9.51. The number of hydrogen-bond donors (Lipinski definition) is 1. The molecule has 0 spiro atoms. The van der Waals surface area contributed by atoms with Gasteiger partial charge in [-0.25, -0.2) is 8.42 Å². The summed E-state index contributed by atoms with van der Waals surface area (Å²) >= 11 is 24.9. The van der Waals surface area contributed by atoms with E-state index >= 15 is 0 Å². The Bertz CT molecular complexity index is 1570. The lowest BCUT2D eigenvalue weighted by Gasteiger charge is -2.33. The highest BCUT2D eigenvalue weighted by atomic mass is 35.5. The average Bonchev–Trinajstić information content (AvgIpc) is 3.49. The molecule has 0 saturated heterocycles. The molecule has 1 saturated carbocycles. The van der Waals surface area contributed by atoms with Gasteiger partial charge in [0.25, 0.3) is 0 Å². The van der Waals surface area contributed by atoms with Crippen LogP contribution in [0, 0.1) is 0 Å². The lowest BCUT2D eigenvalue weighted by Crippen LogP contribution is -2.52. The molecule has 236 valence electrons. The molecule has 44 heavy (non-hydrogen) atoms. The number of hydrogen-bond acceptors (Lipinski definition) is 4. The fourth-order valence-corrected chi connectivity index (χ4v) is 7.14. The van der Waals surface area contributed by atoms with Crippen molar-refractivity contribution in [2.75, 3.05) is 17.1 Å². The SMILES string of the molecule is CS(=O)(=O)N(CCCC(=O)N(Cc1ccc(Cl)c(Cl)c1)[C@H](Cc1ccccc1)C(=O)NC1CCCC1)c1cc(Cl)ccc1Cl. The molecule has 2 amide bonds. The zero-order valence-electron chi connectivity index (χ0n) is 24.3. The van der Waals surface area contributed by atoms with Crippen molar-refractivity contribution < 1.29 is 18.0 Å². The summed E-state index contributed by atoms with van der Waals surface area (Å²) in [5.41, 5.74) is 1.85. The lowest BCUT2D eigenvalue weighted by molar-refractivity contribution is -0.141. The fourth-order valence-electron chi connectivity index (χ4n) is 5.42. The Kier molecular flexibility index (Phi) is 12.3. The van der Waals surface area contributed by atoms with Crippen molar-refractivity contribution in [3.63, 3.8) is 0 Å². The smallest absolute Gasteiger partial charge is 0.243 e. The first kappa shape index (κ1) is 34.4. The zero-order valence-corrected chi connectivity index (χ0v) is 28.2. The van der Waals surface area contributed by atoms with Crippen LogP contribution in [0.25, 0.3) is 0 Å². The maximum absolute atomic E-state index is 14.0. The molecule has 0 unspecified atom stereocenters. The van der Waals surface area contributed by atoms with Gasteiger partial charge in [-0.05, 0) is 60.7 Å². The first-order valence-electron chi connectivity index (χ1n) is 14.4. The molecule has 3 aromatic rings. The average molecular weight is 700 g/mol. The molecule has 1 aliphatic carbocycles. The standard InChI is InChI=1S/C32H35Cl4N3O4S/c1-44(42,43)39(29-20-24(33)14-16-27(29)35)17-7-12-31(40)38(21-23-13-15-26(34)28(36)18-23)30(19-22-8-3-2-4-9-22)32(41)37-25-10-5-6-11-25/h2-4,8-9,13-16,18,20,25,30H,5-7,10-12,17,19,21H2,1H3,(H,37,41)/t30-/m1/s1. The summed E-state index contributed by atoms with van der Waals surface area (Å²) < 4.78 is 26.6. The Morgan fingerprint density at radius 2 is 1.57 bits per heavy atom. The molecule has 0 aliphatic heterocycles. The van der Waals surface area contributed by atoms with Crippen LogP contribution in [0.3, 0.4) is 0 Å². The number of rotatable bonds is 13. The summed E-state index contributed by atoms with van der Waals surface area (Å²) in [6, 6.07) is 18.5. The molecule has 1 N–H and O–H groups in total. The van der Waals surface area contributed by atoms with Crippen molar-refractivity contribution in [3.8, 4) is 0 Å². The number of amides is 2. The van der Waals surface area contributed by atoms with Crippen LogP contribution in [0.5, 0.6) is 0 Å². The second kappa shape index (κ2) is 15.7. The number of anilines is 1. The summed E-state index contributed by atoms with van der Waals surface area (Å²) in [5, 5.41) is 4.45. The van der Waals surface area contributed by atoms with Crippen LogP contribution >= 0.6 is 46.4 Å². The Labute approximate surface area is 279 Å². The molecule has 1 aliphatic rings. The number of nitrogens with zero attached hydrogens (tertiary/aromatic N) is 2. The minimum absolute atomic E-state index is 0.0110. The first-order chi connectivity index (χ1) is 20.9. The van der Waals surface area contributed by atoms with E-state index < -0.39 is 16.1 Å². The van der Waals surface area contributed by atoms with Gasteiger partial charge in [-0.2, -0.15) is 0 Å². The van der Waals surface area contributed by atoms with Gasteiger partial charge in [0.15, 0.2) is 0 Å². The Morgan fingerprint density at radius 1 is 0.886 bits per heavy atom. The Balaban J connectivity index is 1.62. The molecule has 0 heterocycles. The molecule has 0 bridgehead atoms. The van der Waals surface area contributed by atoms with E-state index in [0.717, 1.165) is 41.8 Å². The van der Waals surface area contributed by atoms with Crippen molar-refractivity contribution >= 4 is 73.9 Å². The van der Waals surface area contributed by atoms with Crippen molar-refractivity contribution in [1.29, 1.82) is 0 Å². The van der Waals surface area contributed by atoms with Crippen LogP contribution < -0.4 is 9.62 Å². The lowest BCUT2D eigenvalue weighted by atomic mass is 10.0. The molecule has 1 fully saturated rings. The van der Waals surface area contributed by atoms with Crippen LogP contribution in [0.1, 0.15) is 49.7 Å². The van der Waals surface area contributed by atoms with Gasteiger partial charge in [-0.15, -0.1) is 0 Å². The van der Waals surface area contributed by atoms with E-state index in [9.17, 15) is 18.0 Å². The molecule has 3 aromatic carbocycles. The van der Waals surface area contributed by atoms with E-state index in [1.54, 1.807) is 29.2 Å². The Morgan fingerprint density at radius 3 is 2.23 bits per heavy atom. The second-order valence-electron chi connectivity index (χ2n) is 11.0. The highest BCUT2D eigenvalue weighted by Gasteiger charge is 2.32. The summed E-state index contributed by atoms with van der Waals surface area (Å²) in [7, 11) is -3.74. The van der Waals surface area contributed by atoms with Gasteiger partial charge in [0.1, 0.15) is 6.04 Å². The Hall–Kier alpha value is -2.49. The number of nitrogens with one attached hydrogen (secondary N) is 1. The number of carbonyl (C=O) groups excluding carboxylic acids is 2. The largest absolute Gasteiger partial charge is 0.352 e. The van der Waals surface area contributed by atoms with Crippen LogP contribution in [0.15, 0.2) is 66.7 Å². The van der Waals surface area contributed by atoms with E-state index in [1.165, 1.54) is 12.1 Å².